The lowest BCUT2D eigenvalue weighted by molar-refractivity contribution is -0.186. The number of benzene rings is 1. The molecular weight excluding hydrogens is 352 g/mol. The number of likely N-dealkylation sites (tertiary alicyclic amines) is 1. The number of carbonyl (C=O) groups is 1. The van der Waals surface area contributed by atoms with Crippen molar-refractivity contribution in [1.29, 1.82) is 0 Å². The number of hydrogen-bond acceptors (Lipinski definition) is 2. The van der Waals surface area contributed by atoms with Crippen LogP contribution in [0.1, 0.15) is 19.3 Å². The van der Waals surface area contributed by atoms with Crippen molar-refractivity contribution in [2.45, 2.75) is 25.4 Å². The summed E-state index contributed by atoms with van der Waals surface area (Å²) in [5.41, 5.74) is 0.399. The van der Waals surface area contributed by atoms with E-state index in [1.165, 1.54) is 6.07 Å². The molecule has 0 spiro atoms. The molecule has 128 valence electrons. The number of piperidine rings is 1. The number of anilines is 1. The van der Waals surface area contributed by atoms with Crippen molar-refractivity contribution in [3.05, 3.63) is 28.2 Å². The molecule has 1 aromatic rings. The van der Waals surface area contributed by atoms with E-state index in [1.807, 2.05) is 0 Å². The Balaban J connectivity index is 1.83. The van der Waals surface area contributed by atoms with Crippen molar-refractivity contribution < 1.29 is 18.0 Å². The van der Waals surface area contributed by atoms with Crippen molar-refractivity contribution >= 4 is 34.8 Å². The van der Waals surface area contributed by atoms with Gasteiger partial charge in [0.25, 0.3) is 0 Å². The van der Waals surface area contributed by atoms with Crippen molar-refractivity contribution in [3.8, 4) is 0 Å². The Bertz CT molecular complexity index is 566. The highest BCUT2D eigenvalue weighted by Gasteiger charge is 2.41. The van der Waals surface area contributed by atoms with E-state index in [0.717, 1.165) is 0 Å². The molecule has 0 radical (unpaired) electrons. The number of amides is 1. The average molecular weight is 369 g/mol. The summed E-state index contributed by atoms with van der Waals surface area (Å²) in [5.74, 6) is -1.61. The zero-order valence-electron chi connectivity index (χ0n) is 12.3. The predicted octanol–water partition coefficient (Wildman–Crippen LogP) is 4.60. The van der Waals surface area contributed by atoms with Gasteiger partial charge in [-0.3, -0.25) is 4.79 Å². The zero-order chi connectivity index (χ0) is 17.0. The van der Waals surface area contributed by atoms with Crippen LogP contribution in [-0.2, 0) is 4.79 Å². The summed E-state index contributed by atoms with van der Waals surface area (Å²) in [6.45, 7) is 0.823. The second-order valence-electron chi connectivity index (χ2n) is 5.60. The molecule has 1 aliphatic heterocycles. The molecule has 1 unspecified atom stereocenters. The summed E-state index contributed by atoms with van der Waals surface area (Å²) < 4.78 is 38.3. The van der Waals surface area contributed by atoms with Gasteiger partial charge in [-0.15, -0.1) is 0 Å². The number of hydrogen-bond donors (Lipinski definition) is 1. The fraction of sp³-hybridized carbons (Fsp3) is 0.533. The topological polar surface area (TPSA) is 32.3 Å². The van der Waals surface area contributed by atoms with Crippen LogP contribution in [0.25, 0.3) is 0 Å². The third-order valence-electron chi connectivity index (χ3n) is 3.83. The smallest absolute Gasteiger partial charge is 0.325 e. The Morgan fingerprint density at radius 3 is 2.78 bits per heavy atom. The molecule has 1 fully saturated rings. The Labute approximate surface area is 142 Å². The first-order chi connectivity index (χ1) is 10.8. The minimum Gasteiger partial charge on any atom is -0.325 e. The van der Waals surface area contributed by atoms with E-state index in [2.05, 4.69) is 5.32 Å². The van der Waals surface area contributed by atoms with Crippen LogP contribution in [0, 0.1) is 5.92 Å². The van der Waals surface area contributed by atoms with Crippen molar-refractivity contribution in [2.75, 3.05) is 25.0 Å². The highest BCUT2D eigenvalue weighted by atomic mass is 35.5. The highest BCUT2D eigenvalue weighted by molar-refractivity contribution is 6.35. The van der Waals surface area contributed by atoms with Gasteiger partial charge in [-0.2, -0.15) is 13.2 Å². The molecule has 1 amide bonds. The van der Waals surface area contributed by atoms with Crippen LogP contribution >= 0.6 is 23.2 Å². The minimum atomic E-state index is -4.17. The summed E-state index contributed by atoms with van der Waals surface area (Å²) >= 11 is 11.8. The normalized spacial score (nSPS) is 19.6. The van der Waals surface area contributed by atoms with E-state index >= 15 is 0 Å². The lowest BCUT2D eigenvalue weighted by atomic mass is 9.97. The third kappa shape index (κ3) is 5.55. The number of alkyl halides is 3. The first-order valence-electron chi connectivity index (χ1n) is 7.29. The molecule has 0 saturated carbocycles. The number of rotatable bonds is 4. The van der Waals surface area contributed by atoms with E-state index in [9.17, 15) is 18.0 Å². The molecule has 1 aromatic carbocycles. The number of carbonyl (C=O) groups excluding carboxylic acids is 1. The molecule has 1 N–H and O–H groups in total. The van der Waals surface area contributed by atoms with Gasteiger partial charge in [0.05, 0.1) is 16.6 Å². The van der Waals surface area contributed by atoms with Crippen LogP contribution in [0.3, 0.4) is 0 Å². The molecule has 3 nitrogen and oxygen atoms in total. The first-order valence-corrected chi connectivity index (χ1v) is 8.05. The summed E-state index contributed by atoms with van der Waals surface area (Å²) in [4.78, 5) is 13.6. The van der Waals surface area contributed by atoms with Gasteiger partial charge in [0.2, 0.25) is 5.91 Å². The molecule has 8 heteroatoms. The van der Waals surface area contributed by atoms with E-state index in [1.54, 1.807) is 17.0 Å². The summed E-state index contributed by atoms with van der Waals surface area (Å²) in [7, 11) is 0. The van der Waals surface area contributed by atoms with Crippen LogP contribution in [0.2, 0.25) is 10.0 Å². The van der Waals surface area contributed by atoms with Crippen LogP contribution in [0.4, 0.5) is 18.9 Å². The Kier molecular flexibility index (Phi) is 6.17. The van der Waals surface area contributed by atoms with E-state index < -0.39 is 12.1 Å². The molecule has 1 saturated heterocycles. The van der Waals surface area contributed by atoms with Gasteiger partial charge in [0, 0.05) is 24.5 Å². The van der Waals surface area contributed by atoms with Crippen LogP contribution in [0.5, 0.6) is 0 Å². The Hall–Kier alpha value is -0.980. The predicted molar refractivity (Wildman–Crippen MR) is 84.9 cm³/mol. The largest absolute Gasteiger partial charge is 0.393 e. The molecule has 2 rings (SSSR count). The van der Waals surface area contributed by atoms with Crippen molar-refractivity contribution in [1.82, 2.24) is 4.90 Å². The molecule has 1 aliphatic rings. The van der Waals surface area contributed by atoms with Crippen LogP contribution in [0.15, 0.2) is 18.2 Å². The minimum absolute atomic E-state index is 0.0469. The van der Waals surface area contributed by atoms with Gasteiger partial charge in [-0.05, 0) is 37.6 Å². The summed E-state index contributed by atoms with van der Waals surface area (Å²) in [5, 5.41) is 3.43. The Morgan fingerprint density at radius 1 is 1.35 bits per heavy atom. The summed E-state index contributed by atoms with van der Waals surface area (Å²) in [6, 6.07) is 4.70. The van der Waals surface area contributed by atoms with E-state index in [4.69, 9.17) is 23.2 Å². The highest BCUT2D eigenvalue weighted by Crippen LogP contribution is 2.33. The van der Waals surface area contributed by atoms with Crippen molar-refractivity contribution in [3.63, 3.8) is 0 Å². The van der Waals surface area contributed by atoms with Gasteiger partial charge >= 0.3 is 6.18 Å². The zero-order valence-corrected chi connectivity index (χ0v) is 13.8. The SMILES string of the molecule is O=C(CCN1CCCC(C(F)(F)F)C1)Nc1cc(Cl)ccc1Cl. The summed E-state index contributed by atoms with van der Waals surface area (Å²) in [6.07, 6.45) is -3.42. The molecule has 1 heterocycles. The molecule has 0 aromatic heterocycles. The standard InChI is InChI=1S/C15H17Cl2F3N2O/c16-11-3-4-12(17)13(8-11)21-14(23)5-7-22-6-1-2-10(9-22)15(18,19)20/h3-4,8,10H,1-2,5-7,9H2,(H,21,23). The van der Waals surface area contributed by atoms with Gasteiger partial charge in [0.1, 0.15) is 0 Å². The van der Waals surface area contributed by atoms with E-state index in [0.29, 0.717) is 28.7 Å². The second-order valence-corrected chi connectivity index (χ2v) is 6.45. The van der Waals surface area contributed by atoms with Crippen LogP contribution in [-0.4, -0.2) is 36.6 Å². The second kappa shape index (κ2) is 7.73. The average Bonchev–Trinajstić information content (AvgIpc) is 2.48. The maximum atomic E-state index is 12.8. The Morgan fingerprint density at radius 2 is 2.09 bits per heavy atom. The number of nitrogens with one attached hydrogen (secondary N) is 1. The lowest BCUT2D eigenvalue weighted by Gasteiger charge is -2.33. The first kappa shape index (κ1) is 18.4. The maximum absolute atomic E-state index is 12.8. The van der Waals surface area contributed by atoms with Gasteiger partial charge in [-0.1, -0.05) is 23.2 Å². The third-order valence-corrected chi connectivity index (χ3v) is 4.39. The monoisotopic (exact) mass is 368 g/mol. The van der Waals surface area contributed by atoms with Crippen LogP contribution < -0.4 is 5.32 Å². The molecule has 23 heavy (non-hydrogen) atoms. The van der Waals surface area contributed by atoms with E-state index in [-0.39, 0.29) is 31.8 Å². The van der Waals surface area contributed by atoms with Crippen molar-refractivity contribution in [2.24, 2.45) is 5.92 Å². The number of halogens is 5. The fourth-order valence-electron chi connectivity index (χ4n) is 2.59. The van der Waals surface area contributed by atoms with Gasteiger partial charge < -0.3 is 10.2 Å². The fourth-order valence-corrected chi connectivity index (χ4v) is 2.93. The molecular formula is C15H17Cl2F3N2O. The molecule has 0 aliphatic carbocycles. The molecule has 0 bridgehead atoms. The van der Waals surface area contributed by atoms with Gasteiger partial charge in [0.15, 0.2) is 0 Å². The number of nitrogens with zero attached hydrogens (tertiary/aromatic N) is 1. The lowest BCUT2D eigenvalue weighted by Crippen LogP contribution is -2.42. The quantitative estimate of drug-likeness (QED) is 0.842. The maximum Gasteiger partial charge on any atom is 0.393 e. The van der Waals surface area contributed by atoms with Gasteiger partial charge in [-0.25, -0.2) is 0 Å². The molecule has 1 atom stereocenters.